The number of aliphatic carboxylic acids is 1. The average Bonchev–Trinajstić information content (AvgIpc) is 3.99. The number of allylic oxidation sites excluding steroid dienone is 1. The zero-order valence-corrected chi connectivity index (χ0v) is 41.4. The van der Waals surface area contributed by atoms with Gasteiger partial charge in [-0.1, -0.05) is 60.6 Å². The number of carbonyl (C=O) groups is 3. The lowest BCUT2D eigenvalue weighted by Gasteiger charge is -2.73. The van der Waals surface area contributed by atoms with Gasteiger partial charge >= 0.3 is 11.9 Å². The van der Waals surface area contributed by atoms with E-state index >= 15 is 4.79 Å². The number of hydrogen-bond acceptors (Lipinski definition) is 6. The van der Waals surface area contributed by atoms with E-state index in [0.717, 1.165) is 114 Å². The number of ether oxygens (including phenoxy) is 1. The summed E-state index contributed by atoms with van der Waals surface area (Å²) in [5.41, 5.74) is 1.96. The summed E-state index contributed by atoms with van der Waals surface area (Å²) in [5.74, 6) is 1.03. The minimum Gasteiger partial charge on any atom is -0.481 e. The summed E-state index contributed by atoms with van der Waals surface area (Å²) in [6.07, 6.45) is 14.4. The number of hydrogen-bond donors (Lipinski definition) is 1. The number of esters is 1. The Morgan fingerprint density at radius 2 is 1.58 bits per heavy atom. The van der Waals surface area contributed by atoms with Crippen molar-refractivity contribution < 1.29 is 28.6 Å². The van der Waals surface area contributed by atoms with Crippen LogP contribution in [0, 0.1) is 79.7 Å². The Kier molecular flexibility index (Phi) is 11.5. The number of likely N-dealkylation sites (N-methyl/N-ethyl adjacent to an activating group) is 1. The Balaban J connectivity index is 0.983. The van der Waals surface area contributed by atoms with Gasteiger partial charge < -0.3 is 24.2 Å². The first-order valence-corrected chi connectivity index (χ1v) is 25.4. The van der Waals surface area contributed by atoms with E-state index in [2.05, 4.69) is 82.8 Å². The first-order chi connectivity index (χ1) is 30.5. The number of carboxylic acids is 1. The van der Waals surface area contributed by atoms with E-state index in [1.165, 1.54) is 17.7 Å². The van der Waals surface area contributed by atoms with Gasteiger partial charge in [0.15, 0.2) is 0 Å². The molecule has 0 radical (unpaired) electrons. The lowest BCUT2D eigenvalue weighted by Crippen LogP contribution is -2.67. The number of imidazole rings is 1. The number of nitrogens with zero attached hydrogens (tertiary/aromatic N) is 4. The van der Waals surface area contributed by atoms with Crippen LogP contribution in [0.1, 0.15) is 151 Å². The molecule has 1 saturated heterocycles. The van der Waals surface area contributed by atoms with Crippen molar-refractivity contribution in [3.05, 3.63) is 54.3 Å². The molecule has 6 saturated carbocycles. The highest BCUT2D eigenvalue weighted by atomic mass is 19.1. The Morgan fingerprint density at radius 3 is 2.25 bits per heavy atom. The second-order valence-corrected chi connectivity index (χ2v) is 24.8. The summed E-state index contributed by atoms with van der Waals surface area (Å²) >= 11 is 0. The number of amides is 1. The maximum absolute atomic E-state index is 15.9. The fourth-order valence-electron chi connectivity index (χ4n) is 17.2. The highest BCUT2D eigenvalue weighted by molar-refractivity contribution is 5.85. The molecule has 356 valence electrons. The number of rotatable bonds is 10. The summed E-state index contributed by atoms with van der Waals surface area (Å²) in [6, 6.07) is 6.49. The fraction of sp³-hybridized carbons (Fsp3) is 0.745. The van der Waals surface area contributed by atoms with Crippen molar-refractivity contribution in [1.82, 2.24) is 19.4 Å². The summed E-state index contributed by atoms with van der Waals surface area (Å²) in [4.78, 5) is 51.2. The highest BCUT2D eigenvalue weighted by Crippen LogP contribution is 2.78. The van der Waals surface area contributed by atoms with Gasteiger partial charge in [0.05, 0.1) is 29.0 Å². The van der Waals surface area contributed by atoms with Crippen LogP contribution in [0.4, 0.5) is 4.39 Å². The number of aromatic nitrogens is 2. The number of carbonyl (C=O) groups excluding carboxylic acids is 2. The maximum atomic E-state index is 15.9. The van der Waals surface area contributed by atoms with Crippen molar-refractivity contribution >= 4 is 17.8 Å². The van der Waals surface area contributed by atoms with E-state index < -0.39 is 22.7 Å². The van der Waals surface area contributed by atoms with E-state index in [9.17, 15) is 19.1 Å². The van der Waals surface area contributed by atoms with Gasteiger partial charge in [-0.05, 0) is 180 Å². The monoisotopic (exact) mass is 895 g/mol. The number of fused-ring (bicyclic) bond motifs is 7. The summed E-state index contributed by atoms with van der Waals surface area (Å²) < 4.78 is 22.7. The third-order valence-corrected chi connectivity index (χ3v) is 21.1. The predicted octanol–water partition coefficient (Wildman–Crippen LogP) is 11.2. The van der Waals surface area contributed by atoms with Crippen molar-refractivity contribution in [3.8, 4) is 11.3 Å². The van der Waals surface area contributed by atoms with E-state index in [4.69, 9.17) is 9.72 Å². The van der Waals surface area contributed by atoms with Crippen molar-refractivity contribution in [1.29, 1.82) is 0 Å². The molecule has 7 fully saturated rings. The first kappa shape index (κ1) is 46.6. The number of halogens is 1. The van der Waals surface area contributed by atoms with Crippen LogP contribution < -0.4 is 0 Å². The molecule has 13 atom stereocenters. The minimum absolute atomic E-state index is 0.0667. The molecule has 1 aromatic heterocycles. The van der Waals surface area contributed by atoms with Crippen LogP contribution in [0.2, 0.25) is 0 Å². The Bertz CT molecular complexity index is 2210. The smallest absolute Gasteiger partial charge is 0.309 e. The first-order valence-electron chi connectivity index (χ1n) is 25.4. The Labute approximate surface area is 388 Å². The van der Waals surface area contributed by atoms with Gasteiger partial charge in [0, 0.05) is 36.8 Å². The molecule has 1 amide bonds. The Hall–Kier alpha value is -3.53. The van der Waals surface area contributed by atoms with Crippen LogP contribution in [-0.4, -0.2) is 75.6 Å². The van der Waals surface area contributed by atoms with Gasteiger partial charge in [0.25, 0.3) is 0 Å². The quantitative estimate of drug-likeness (QED) is 0.187. The van der Waals surface area contributed by atoms with Crippen molar-refractivity contribution in [3.63, 3.8) is 0 Å². The molecule has 10 heteroatoms. The second kappa shape index (κ2) is 16.0. The van der Waals surface area contributed by atoms with Gasteiger partial charge in [-0.3, -0.25) is 14.4 Å². The zero-order valence-electron chi connectivity index (χ0n) is 41.4. The molecule has 6 aliphatic carbocycles. The summed E-state index contributed by atoms with van der Waals surface area (Å²) in [7, 11) is 4.17. The van der Waals surface area contributed by atoms with Gasteiger partial charge in [-0.15, -0.1) is 0 Å². The van der Waals surface area contributed by atoms with E-state index in [-0.39, 0.29) is 57.4 Å². The highest BCUT2D eigenvalue weighted by Gasteiger charge is 2.72. The molecule has 2 heterocycles. The SMILES string of the molecule is C=C(C)[C@@H]1CC[C@]2(C(=O)N3CCC[C@H]3c3nc(-c4ccc(F)cc4)cn3CCN(C)C)CC[C@]3(C)[C@H](CCC4[C@@]5(C)CC[C@H](OC(=O)[C@H]6C[C@@H](C(=O)O)C6(C)C)C(C)(C)C5CC[C@]43C)C12. The van der Waals surface area contributed by atoms with Gasteiger partial charge in [-0.25, -0.2) is 9.37 Å². The average molecular weight is 895 g/mol. The third-order valence-electron chi connectivity index (χ3n) is 21.1. The molecule has 1 aromatic carbocycles. The number of benzene rings is 1. The molecule has 3 unspecified atom stereocenters. The third kappa shape index (κ3) is 6.95. The van der Waals surface area contributed by atoms with Crippen molar-refractivity contribution in [2.24, 2.45) is 73.9 Å². The molecule has 0 spiro atoms. The van der Waals surface area contributed by atoms with Crippen LogP contribution in [0.25, 0.3) is 11.3 Å². The van der Waals surface area contributed by atoms with Crippen molar-refractivity contribution in [2.45, 2.75) is 158 Å². The predicted molar refractivity (Wildman–Crippen MR) is 252 cm³/mol. The van der Waals surface area contributed by atoms with Crippen LogP contribution in [0.5, 0.6) is 0 Å². The number of carboxylic acid groups (broad SMARTS) is 1. The maximum Gasteiger partial charge on any atom is 0.309 e. The van der Waals surface area contributed by atoms with E-state index in [0.29, 0.717) is 36.0 Å². The van der Waals surface area contributed by atoms with Crippen LogP contribution >= 0.6 is 0 Å². The van der Waals surface area contributed by atoms with Crippen molar-refractivity contribution in [2.75, 3.05) is 27.2 Å². The molecule has 65 heavy (non-hydrogen) atoms. The van der Waals surface area contributed by atoms with E-state index in [1.807, 2.05) is 13.8 Å². The number of likely N-dealkylation sites (tertiary alicyclic amines) is 1. The molecule has 9 rings (SSSR count). The minimum atomic E-state index is -0.825. The topological polar surface area (TPSA) is 105 Å². The molecular formula is C55H79FN4O5. The lowest BCUT2D eigenvalue weighted by molar-refractivity contribution is -0.251. The lowest BCUT2D eigenvalue weighted by atomic mass is 9.32. The van der Waals surface area contributed by atoms with Crippen LogP contribution in [-0.2, 0) is 25.7 Å². The Morgan fingerprint density at radius 1 is 0.862 bits per heavy atom. The molecule has 7 aliphatic rings. The molecule has 2 aromatic rings. The molecular weight excluding hydrogens is 816 g/mol. The van der Waals surface area contributed by atoms with Gasteiger partial charge in [0.2, 0.25) is 5.91 Å². The molecule has 1 aliphatic heterocycles. The molecule has 0 bridgehead atoms. The summed E-state index contributed by atoms with van der Waals surface area (Å²) in [5, 5.41) is 9.74. The zero-order chi connectivity index (χ0) is 46.8. The molecule has 9 nitrogen and oxygen atoms in total. The summed E-state index contributed by atoms with van der Waals surface area (Å²) in [6.45, 7) is 25.6. The van der Waals surface area contributed by atoms with Crippen LogP contribution in [0.3, 0.4) is 0 Å². The second-order valence-electron chi connectivity index (χ2n) is 24.8. The van der Waals surface area contributed by atoms with Gasteiger partial charge in [-0.2, -0.15) is 0 Å². The largest absolute Gasteiger partial charge is 0.481 e. The normalized spacial score (nSPS) is 40.2. The molecule has 1 N–H and O–H groups in total. The van der Waals surface area contributed by atoms with E-state index in [1.54, 1.807) is 12.1 Å². The van der Waals surface area contributed by atoms with Crippen LogP contribution in [0.15, 0.2) is 42.6 Å². The standard InChI is InChI=1S/C55H79FN4O5/c1-33(2)36-20-25-55(49(64)60-28-12-13-41(60)46-57-40(32-59(46)30-29-58(10)11)34-14-16-35(56)17-15-34)27-26-53(8)37(45(36)55)18-19-43-52(7)23-22-44(51(5,6)42(52)21-24-54(43,53)9)65-48(63)39-31-38(47(61)62)50(39,3)4/h14-17,32,36-39,41-45H,1,12-13,18-31H2,2-11H3,(H,61,62)/t36-,37+,38-,39+,41-,42?,43?,44-,45?,52-,53+,54+,55-/m0/s1. The fourth-order valence-corrected chi connectivity index (χ4v) is 17.2. The van der Waals surface area contributed by atoms with Gasteiger partial charge in [0.1, 0.15) is 17.7 Å².